The number of para-hydroxylation sites is 1. The third kappa shape index (κ3) is 3.57. The molecule has 160 valence electrons. The molecule has 1 N–H and O–H groups in total. The number of rotatable bonds is 4. The monoisotopic (exact) mass is 416 g/mol. The molecule has 4 nitrogen and oxygen atoms in total. The summed E-state index contributed by atoms with van der Waals surface area (Å²) in [7, 11) is 0. The van der Waals surface area contributed by atoms with Crippen LogP contribution in [-0.2, 0) is 12.7 Å². The van der Waals surface area contributed by atoms with Gasteiger partial charge in [-0.3, -0.25) is 0 Å². The Balaban J connectivity index is 1.69. The van der Waals surface area contributed by atoms with Gasteiger partial charge >= 0.3 is 6.18 Å². The number of halogens is 3. The maximum atomic E-state index is 13.9. The van der Waals surface area contributed by atoms with Gasteiger partial charge in [0, 0.05) is 17.8 Å². The Hall–Kier alpha value is -2.15. The Morgan fingerprint density at radius 3 is 2.47 bits per heavy atom. The van der Waals surface area contributed by atoms with Gasteiger partial charge in [-0.15, -0.1) is 0 Å². The fourth-order valence-electron chi connectivity index (χ4n) is 5.25. The minimum Gasteiger partial charge on any atom is -0.327 e. The smallest absolute Gasteiger partial charge is 0.327 e. The van der Waals surface area contributed by atoms with Crippen molar-refractivity contribution in [1.29, 1.82) is 0 Å². The summed E-state index contributed by atoms with van der Waals surface area (Å²) in [6.07, 6.45) is 2.95. The molecule has 7 heteroatoms. The Kier molecular flexibility index (Phi) is 5.17. The average molecular weight is 416 g/mol. The van der Waals surface area contributed by atoms with Crippen molar-refractivity contribution in [1.82, 2.24) is 19.9 Å². The van der Waals surface area contributed by atoms with Gasteiger partial charge in [0.05, 0.1) is 11.0 Å². The molecule has 0 bridgehead atoms. The summed E-state index contributed by atoms with van der Waals surface area (Å²) in [6.45, 7) is 2.77. The molecule has 30 heavy (non-hydrogen) atoms. The van der Waals surface area contributed by atoms with Gasteiger partial charge in [0.1, 0.15) is 11.3 Å². The molecule has 0 radical (unpaired) electrons. The van der Waals surface area contributed by atoms with Crippen molar-refractivity contribution < 1.29 is 13.2 Å². The number of imidazole rings is 1. The minimum absolute atomic E-state index is 0.0217. The number of benzene rings is 1. The van der Waals surface area contributed by atoms with Gasteiger partial charge in [0.2, 0.25) is 0 Å². The second-order valence-corrected chi connectivity index (χ2v) is 8.76. The summed E-state index contributed by atoms with van der Waals surface area (Å²) in [6, 6.07) is 7.17. The van der Waals surface area contributed by atoms with Crippen molar-refractivity contribution in [3.8, 4) is 0 Å². The summed E-state index contributed by atoms with van der Waals surface area (Å²) in [5, 5.41) is 4.16. The molecule has 0 atom stereocenters. The molecule has 0 spiro atoms. The molecule has 1 saturated carbocycles. The fraction of sp³-hybridized carbons (Fsp3) is 0.565. The Morgan fingerprint density at radius 2 is 1.73 bits per heavy atom. The largest absolute Gasteiger partial charge is 0.435 e. The summed E-state index contributed by atoms with van der Waals surface area (Å²) < 4.78 is 43.9. The first-order chi connectivity index (χ1) is 14.5. The normalized spacial score (nSPS) is 19.3. The van der Waals surface area contributed by atoms with Crippen molar-refractivity contribution in [3.63, 3.8) is 0 Å². The van der Waals surface area contributed by atoms with E-state index in [0.717, 1.165) is 75.8 Å². The first-order valence-corrected chi connectivity index (χ1v) is 11.1. The number of nitrogens with one attached hydrogen (secondary N) is 1. The van der Waals surface area contributed by atoms with E-state index in [9.17, 15) is 13.2 Å². The molecule has 2 fully saturated rings. The fourth-order valence-corrected chi connectivity index (χ4v) is 5.25. The standard InChI is InChI=1S/C23H27F3N4/c24-23(25,26)21-19-20(17-7-3-4-8-18(17)28-21)30(14-11-15-9-12-27-13-10-15)22(29-19)16-5-1-2-6-16/h3-4,7-8,15-16,27H,1-2,5-6,9-14H2. The van der Waals surface area contributed by atoms with E-state index >= 15 is 0 Å². The highest BCUT2D eigenvalue weighted by Gasteiger charge is 2.38. The molecular weight excluding hydrogens is 389 g/mol. The third-order valence-electron chi connectivity index (χ3n) is 6.82. The number of alkyl halides is 3. The molecule has 2 aromatic heterocycles. The van der Waals surface area contributed by atoms with Crippen LogP contribution in [0, 0.1) is 5.92 Å². The maximum absolute atomic E-state index is 13.9. The number of piperidine rings is 1. The average Bonchev–Trinajstić information content (AvgIpc) is 3.39. The zero-order valence-electron chi connectivity index (χ0n) is 17.0. The SMILES string of the molecule is FC(F)(F)c1nc2ccccc2c2c1nc(C1CCCC1)n2CCC1CCNCC1. The number of aromatic nitrogens is 3. The lowest BCUT2D eigenvalue weighted by molar-refractivity contribution is -0.139. The van der Waals surface area contributed by atoms with Crippen LogP contribution in [0.5, 0.6) is 0 Å². The highest BCUT2D eigenvalue weighted by molar-refractivity contribution is 6.03. The summed E-state index contributed by atoms with van der Waals surface area (Å²) in [4.78, 5) is 8.64. The lowest BCUT2D eigenvalue weighted by atomic mass is 9.94. The quantitative estimate of drug-likeness (QED) is 0.598. The molecule has 1 aromatic carbocycles. The van der Waals surface area contributed by atoms with E-state index in [1.54, 1.807) is 12.1 Å². The van der Waals surface area contributed by atoms with Gasteiger partial charge in [0.25, 0.3) is 0 Å². The highest BCUT2D eigenvalue weighted by atomic mass is 19.4. The second-order valence-electron chi connectivity index (χ2n) is 8.76. The summed E-state index contributed by atoms with van der Waals surface area (Å²) >= 11 is 0. The molecule has 1 saturated heterocycles. The number of nitrogens with zero attached hydrogens (tertiary/aromatic N) is 3. The van der Waals surface area contributed by atoms with Gasteiger partial charge < -0.3 is 9.88 Å². The van der Waals surface area contributed by atoms with Crippen LogP contribution in [0.25, 0.3) is 21.9 Å². The zero-order valence-corrected chi connectivity index (χ0v) is 17.0. The second kappa shape index (κ2) is 7.84. The van der Waals surface area contributed by atoms with Gasteiger partial charge in [-0.1, -0.05) is 31.0 Å². The van der Waals surface area contributed by atoms with Crippen LogP contribution < -0.4 is 5.32 Å². The van der Waals surface area contributed by atoms with Gasteiger partial charge in [-0.2, -0.15) is 13.2 Å². The van der Waals surface area contributed by atoms with Crippen LogP contribution >= 0.6 is 0 Å². The van der Waals surface area contributed by atoms with Crippen LogP contribution in [-0.4, -0.2) is 27.6 Å². The van der Waals surface area contributed by atoms with Crippen molar-refractivity contribution in [3.05, 3.63) is 35.8 Å². The van der Waals surface area contributed by atoms with Crippen LogP contribution in [0.2, 0.25) is 0 Å². The van der Waals surface area contributed by atoms with Crippen molar-refractivity contribution in [2.24, 2.45) is 5.92 Å². The van der Waals surface area contributed by atoms with Crippen LogP contribution in [0.3, 0.4) is 0 Å². The number of fused-ring (bicyclic) bond motifs is 3. The summed E-state index contributed by atoms with van der Waals surface area (Å²) in [5.41, 5.74) is 0.173. The number of aryl methyl sites for hydroxylation is 1. The van der Waals surface area contributed by atoms with E-state index in [1.165, 1.54) is 0 Å². The highest BCUT2D eigenvalue weighted by Crippen LogP contribution is 2.41. The molecule has 0 unspecified atom stereocenters. The zero-order chi connectivity index (χ0) is 20.7. The van der Waals surface area contributed by atoms with Crippen LogP contribution in [0.1, 0.15) is 62.4 Å². The van der Waals surface area contributed by atoms with Crippen molar-refractivity contribution in [2.45, 2.75) is 63.6 Å². The third-order valence-corrected chi connectivity index (χ3v) is 6.82. The first kappa shape index (κ1) is 19.8. The molecule has 1 aliphatic carbocycles. The topological polar surface area (TPSA) is 42.7 Å². The maximum Gasteiger partial charge on any atom is 0.435 e. The molecular formula is C23H27F3N4. The molecule has 1 aliphatic heterocycles. The summed E-state index contributed by atoms with van der Waals surface area (Å²) in [5.74, 6) is 1.68. The number of pyridine rings is 1. The predicted octanol–water partition coefficient (Wildman–Crippen LogP) is 5.65. The lowest BCUT2D eigenvalue weighted by Gasteiger charge is -2.23. The first-order valence-electron chi connectivity index (χ1n) is 11.1. The lowest BCUT2D eigenvalue weighted by Crippen LogP contribution is -2.28. The Bertz CT molecular complexity index is 1040. The van der Waals surface area contributed by atoms with Gasteiger partial charge in [-0.25, -0.2) is 9.97 Å². The number of hydrogen-bond donors (Lipinski definition) is 1. The van der Waals surface area contributed by atoms with Crippen LogP contribution in [0.15, 0.2) is 24.3 Å². The van der Waals surface area contributed by atoms with E-state index in [0.29, 0.717) is 17.0 Å². The Labute approximate surface area is 173 Å². The molecule has 3 heterocycles. The van der Waals surface area contributed by atoms with E-state index in [2.05, 4.69) is 19.9 Å². The van der Waals surface area contributed by atoms with Crippen LogP contribution in [0.4, 0.5) is 13.2 Å². The molecule has 0 amide bonds. The number of hydrogen-bond acceptors (Lipinski definition) is 3. The Morgan fingerprint density at radius 1 is 1.00 bits per heavy atom. The van der Waals surface area contributed by atoms with E-state index in [-0.39, 0.29) is 11.4 Å². The van der Waals surface area contributed by atoms with E-state index in [1.807, 2.05) is 12.1 Å². The van der Waals surface area contributed by atoms with Gasteiger partial charge in [0.15, 0.2) is 5.69 Å². The minimum atomic E-state index is -4.52. The van der Waals surface area contributed by atoms with E-state index < -0.39 is 11.9 Å². The van der Waals surface area contributed by atoms with E-state index in [4.69, 9.17) is 0 Å². The van der Waals surface area contributed by atoms with Gasteiger partial charge in [-0.05, 0) is 57.2 Å². The predicted molar refractivity (Wildman–Crippen MR) is 111 cm³/mol. The molecule has 2 aliphatic rings. The molecule has 5 rings (SSSR count). The molecule has 3 aromatic rings. The van der Waals surface area contributed by atoms with Crippen molar-refractivity contribution >= 4 is 21.9 Å². The van der Waals surface area contributed by atoms with Crippen molar-refractivity contribution in [2.75, 3.05) is 13.1 Å².